The predicted molar refractivity (Wildman–Crippen MR) is 57.9 cm³/mol. The first-order valence-electron chi connectivity index (χ1n) is 5.04. The summed E-state index contributed by atoms with van der Waals surface area (Å²) >= 11 is 0. The fourth-order valence-electron chi connectivity index (χ4n) is 1.75. The number of hydrogen-bond acceptors (Lipinski definition) is 1. The monoisotopic (exact) mass is 213 g/mol. The van der Waals surface area contributed by atoms with E-state index in [1.54, 1.807) is 12.1 Å². The van der Waals surface area contributed by atoms with Crippen LogP contribution in [0, 0.1) is 5.82 Å². The minimum absolute atomic E-state index is 0.104. The van der Waals surface area contributed by atoms with Crippen LogP contribution >= 0.6 is 0 Å². The molecular weight excluding hydrogens is 196 g/mol. The summed E-state index contributed by atoms with van der Waals surface area (Å²) in [5.41, 5.74) is 4.75. The predicted octanol–water partition coefficient (Wildman–Crippen LogP) is 2.92. The Morgan fingerprint density at radius 3 is 2.47 bits per heavy atom. The lowest BCUT2D eigenvalue weighted by molar-refractivity contribution is 0.212. The van der Waals surface area contributed by atoms with Crippen LogP contribution in [0.3, 0.4) is 0 Å². The van der Waals surface area contributed by atoms with Crippen molar-refractivity contribution in [1.29, 1.82) is 0 Å². The fourth-order valence-corrected chi connectivity index (χ4v) is 1.75. The van der Waals surface area contributed by atoms with E-state index < -0.39 is 11.5 Å². The number of hydrogen-bond donors (Lipinski definition) is 1. The van der Waals surface area contributed by atoms with Crippen molar-refractivity contribution < 1.29 is 8.78 Å². The van der Waals surface area contributed by atoms with Gasteiger partial charge in [-0.25, -0.2) is 8.78 Å². The number of rotatable bonds is 3. The topological polar surface area (TPSA) is 26.0 Å². The Kier molecular flexibility index (Phi) is 3.45. The molecule has 0 bridgehead atoms. The molecule has 0 saturated heterocycles. The van der Waals surface area contributed by atoms with E-state index in [2.05, 4.69) is 0 Å². The van der Waals surface area contributed by atoms with Crippen LogP contribution in [0.5, 0.6) is 0 Å². The van der Waals surface area contributed by atoms with Crippen molar-refractivity contribution in [3.05, 3.63) is 35.1 Å². The van der Waals surface area contributed by atoms with Gasteiger partial charge in [0.2, 0.25) is 0 Å². The normalized spacial score (nSPS) is 14.0. The van der Waals surface area contributed by atoms with Crippen molar-refractivity contribution in [2.75, 3.05) is 0 Å². The Bertz CT molecular complexity index is 340. The molecule has 15 heavy (non-hydrogen) atoms. The summed E-state index contributed by atoms with van der Waals surface area (Å²) in [5, 5.41) is 0. The number of alkyl halides is 1. The quantitative estimate of drug-likeness (QED) is 0.820. The highest BCUT2D eigenvalue weighted by Crippen LogP contribution is 2.30. The molecule has 3 heteroatoms. The zero-order chi connectivity index (χ0) is 11.6. The molecule has 1 aromatic carbocycles. The molecule has 2 N–H and O–H groups in total. The van der Waals surface area contributed by atoms with Crippen molar-refractivity contribution in [2.24, 2.45) is 5.73 Å². The van der Waals surface area contributed by atoms with Gasteiger partial charge in [-0.2, -0.15) is 0 Å². The molecule has 0 heterocycles. The number of halogens is 2. The van der Waals surface area contributed by atoms with Crippen LogP contribution in [0.4, 0.5) is 8.78 Å². The highest BCUT2D eigenvalue weighted by Gasteiger charge is 2.26. The van der Waals surface area contributed by atoms with Crippen LogP contribution < -0.4 is 5.73 Å². The van der Waals surface area contributed by atoms with Gasteiger partial charge in [-0.1, -0.05) is 12.1 Å². The first-order valence-corrected chi connectivity index (χ1v) is 5.04. The van der Waals surface area contributed by atoms with Crippen LogP contribution in [0.2, 0.25) is 0 Å². The smallest absolute Gasteiger partial charge is 0.133 e. The van der Waals surface area contributed by atoms with E-state index in [9.17, 15) is 8.78 Å². The maximum Gasteiger partial charge on any atom is 0.133 e. The van der Waals surface area contributed by atoms with Crippen molar-refractivity contribution in [3.63, 3.8) is 0 Å². The van der Waals surface area contributed by atoms with E-state index in [0.717, 1.165) is 0 Å². The second-order valence-electron chi connectivity index (χ2n) is 4.43. The van der Waals surface area contributed by atoms with Crippen molar-refractivity contribution in [1.82, 2.24) is 0 Å². The highest BCUT2D eigenvalue weighted by atomic mass is 19.1. The van der Waals surface area contributed by atoms with Crippen LogP contribution in [0.15, 0.2) is 18.2 Å². The first kappa shape index (κ1) is 12.1. The molecule has 0 aromatic heterocycles. The maximum absolute atomic E-state index is 13.8. The molecule has 84 valence electrons. The van der Waals surface area contributed by atoms with Crippen LogP contribution in [0.25, 0.3) is 0 Å². The Morgan fingerprint density at radius 1 is 1.40 bits per heavy atom. The van der Waals surface area contributed by atoms with E-state index in [-0.39, 0.29) is 11.6 Å². The lowest BCUT2D eigenvalue weighted by Gasteiger charge is -2.20. The summed E-state index contributed by atoms with van der Waals surface area (Å²) in [7, 11) is 0. The van der Waals surface area contributed by atoms with Gasteiger partial charge in [0.25, 0.3) is 0 Å². The molecule has 0 fully saturated rings. The summed E-state index contributed by atoms with van der Waals surface area (Å²) in [5.74, 6) is -0.499. The molecular formula is C12H17F2N. The molecule has 0 spiro atoms. The van der Waals surface area contributed by atoms with Gasteiger partial charge in [-0.3, -0.25) is 0 Å². The minimum atomic E-state index is -1.67. The maximum atomic E-state index is 13.8. The van der Waals surface area contributed by atoms with Gasteiger partial charge >= 0.3 is 0 Å². The highest BCUT2D eigenvalue weighted by molar-refractivity contribution is 5.33. The van der Waals surface area contributed by atoms with Gasteiger partial charge < -0.3 is 5.73 Å². The minimum Gasteiger partial charge on any atom is -0.328 e. The van der Waals surface area contributed by atoms with Crippen molar-refractivity contribution in [2.45, 2.75) is 38.9 Å². The van der Waals surface area contributed by atoms with E-state index in [4.69, 9.17) is 5.73 Å². The Labute approximate surface area is 89.3 Å². The third kappa shape index (κ3) is 2.99. The molecule has 0 amide bonds. The molecule has 1 nitrogen and oxygen atoms in total. The SMILES string of the molecule is CC(N)Cc1cccc(F)c1C(C)(C)F. The van der Waals surface area contributed by atoms with E-state index >= 15 is 0 Å². The summed E-state index contributed by atoms with van der Waals surface area (Å²) in [6.45, 7) is 4.53. The van der Waals surface area contributed by atoms with E-state index in [0.29, 0.717) is 12.0 Å². The summed E-state index contributed by atoms with van der Waals surface area (Å²) < 4.78 is 27.3. The average Bonchev–Trinajstić information content (AvgIpc) is 1.99. The summed E-state index contributed by atoms with van der Waals surface area (Å²) in [6.07, 6.45) is 0.487. The zero-order valence-corrected chi connectivity index (χ0v) is 9.35. The third-order valence-electron chi connectivity index (χ3n) is 2.24. The van der Waals surface area contributed by atoms with Gasteiger partial charge in [0.15, 0.2) is 0 Å². The largest absolute Gasteiger partial charge is 0.328 e. The molecule has 0 aliphatic heterocycles. The molecule has 0 aliphatic rings. The summed E-state index contributed by atoms with van der Waals surface area (Å²) in [6, 6.07) is 4.49. The molecule has 1 rings (SSSR count). The number of nitrogens with two attached hydrogens (primary N) is 1. The van der Waals surface area contributed by atoms with Gasteiger partial charge in [0.05, 0.1) is 0 Å². The van der Waals surface area contributed by atoms with Gasteiger partial charge in [0.1, 0.15) is 11.5 Å². The van der Waals surface area contributed by atoms with E-state index in [1.807, 2.05) is 6.92 Å². The molecule has 0 saturated carbocycles. The lowest BCUT2D eigenvalue weighted by Crippen LogP contribution is -2.22. The Morgan fingerprint density at radius 2 is 2.00 bits per heavy atom. The molecule has 1 aromatic rings. The average molecular weight is 213 g/mol. The van der Waals surface area contributed by atoms with E-state index in [1.165, 1.54) is 19.9 Å². The standard InChI is InChI=1S/C12H17F2N/c1-8(15)7-9-5-4-6-10(13)11(9)12(2,3)14/h4-6,8H,7,15H2,1-3H3. The Hall–Kier alpha value is -0.960. The van der Waals surface area contributed by atoms with Crippen molar-refractivity contribution in [3.8, 4) is 0 Å². The number of benzene rings is 1. The van der Waals surface area contributed by atoms with Crippen LogP contribution in [0.1, 0.15) is 31.9 Å². The third-order valence-corrected chi connectivity index (χ3v) is 2.24. The second kappa shape index (κ2) is 4.27. The summed E-state index contributed by atoms with van der Waals surface area (Å²) in [4.78, 5) is 0. The van der Waals surface area contributed by atoms with Gasteiger partial charge in [0, 0.05) is 11.6 Å². The Balaban J connectivity index is 3.21. The second-order valence-corrected chi connectivity index (χ2v) is 4.43. The van der Waals surface area contributed by atoms with Gasteiger partial charge in [-0.05, 0) is 38.8 Å². The molecule has 1 unspecified atom stereocenters. The first-order chi connectivity index (χ1) is 6.82. The molecule has 0 radical (unpaired) electrons. The van der Waals surface area contributed by atoms with Crippen LogP contribution in [-0.2, 0) is 12.1 Å². The fraction of sp³-hybridized carbons (Fsp3) is 0.500. The van der Waals surface area contributed by atoms with Crippen LogP contribution in [-0.4, -0.2) is 6.04 Å². The van der Waals surface area contributed by atoms with Gasteiger partial charge in [-0.15, -0.1) is 0 Å². The molecule has 0 aliphatic carbocycles. The van der Waals surface area contributed by atoms with Crippen molar-refractivity contribution >= 4 is 0 Å². The zero-order valence-electron chi connectivity index (χ0n) is 9.35. The lowest BCUT2D eigenvalue weighted by atomic mass is 9.91. The molecule has 1 atom stereocenters.